The summed E-state index contributed by atoms with van der Waals surface area (Å²) < 4.78 is 5.42. The first-order valence-electron chi connectivity index (χ1n) is 7.71. The monoisotopic (exact) mass is 316 g/mol. The fourth-order valence-electron chi connectivity index (χ4n) is 2.50. The van der Waals surface area contributed by atoms with Gasteiger partial charge in [0.25, 0.3) is 0 Å². The Morgan fingerprint density at radius 1 is 1.14 bits per heavy atom. The third kappa shape index (κ3) is 2.70. The van der Waals surface area contributed by atoms with Crippen molar-refractivity contribution in [3.8, 4) is 0 Å². The maximum absolute atomic E-state index is 5.42. The minimum Gasteiger partial charge on any atom is -0.365 e. The highest BCUT2D eigenvalue weighted by atomic mass is 32.1. The Labute approximate surface area is 133 Å². The van der Waals surface area contributed by atoms with Gasteiger partial charge in [0.1, 0.15) is 22.2 Å². The smallest absolute Gasteiger partial charge is 0.141 e. The fraction of sp³-hybridized carbons (Fsp3) is 0.438. The maximum atomic E-state index is 5.42. The lowest BCUT2D eigenvalue weighted by atomic mass is 10.1. The number of hydrogen-bond acceptors (Lipinski definition) is 6. The summed E-state index contributed by atoms with van der Waals surface area (Å²) in [4.78, 5) is 10.2. The van der Waals surface area contributed by atoms with Crippen molar-refractivity contribution in [1.82, 2.24) is 15.1 Å². The standard InChI is InChI=1S/C16H20N4OS/c1-4-12-11(13(5-2)21-20-12)9-17-15-10-7-8-22-16(10)19-14(6-3)18-15/h7-8H,4-6,9H2,1-3H3,(H,17,18,19). The van der Waals surface area contributed by atoms with Crippen LogP contribution in [-0.4, -0.2) is 15.1 Å². The highest BCUT2D eigenvalue weighted by Gasteiger charge is 2.14. The van der Waals surface area contributed by atoms with Crippen molar-refractivity contribution in [1.29, 1.82) is 0 Å². The van der Waals surface area contributed by atoms with Gasteiger partial charge in [-0.25, -0.2) is 9.97 Å². The zero-order valence-corrected chi connectivity index (χ0v) is 14.0. The van der Waals surface area contributed by atoms with E-state index in [2.05, 4.69) is 52.7 Å². The van der Waals surface area contributed by atoms with Crippen molar-refractivity contribution >= 4 is 27.4 Å². The number of nitrogens with one attached hydrogen (secondary N) is 1. The van der Waals surface area contributed by atoms with Crippen molar-refractivity contribution in [2.24, 2.45) is 0 Å². The van der Waals surface area contributed by atoms with Gasteiger partial charge in [-0.05, 0) is 17.9 Å². The van der Waals surface area contributed by atoms with Gasteiger partial charge in [-0.2, -0.15) is 0 Å². The van der Waals surface area contributed by atoms with Gasteiger partial charge < -0.3 is 9.84 Å². The first-order chi connectivity index (χ1) is 10.8. The lowest BCUT2D eigenvalue weighted by Gasteiger charge is -2.09. The van der Waals surface area contributed by atoms with Crippen LogP contribution in [0.5, 0.6) is 0 Å². The predicted molar refractivity (Wildman–Crippen MR) is 89.4 cm³/mol. The maximum Gasteiger partial charge on any atom is 0.141 e. The van der Waals surface area contributed by atoms with Crippen LogP contribution in [0.25, 0.3) is 10.2 Å². The quantitative estimate of drug-likeness (QED) is 0.745. The van der Waals surface area contributed by atoms with Crippen LogP contribution in [-0.2, 0) is 25.8 Å². The first-order valence-corrected chi connectivity index (χ1v) is 8.59. The molecule has 5 nitrogen and oxygen atoms in total. The normalized spacial score (nSPS) is 11.2. The summed E-state index contributed by atoms with van der Waals surface area (Å²) in [5, 5.41) is 10.7. The molecular formula is C16H20N4OS. The zero-order valence-electron chi connectivity index (χ0n) is 13.1. The van der Waals surface area contributed by atoms with Crippen LogP contribution in [0.1, 0.15) is 43.6 Å². The van der Waals surface area contributed by atoms with Gasteiger partial charge in [0.15, 0.2) is 0 Å². The van der Waals surface area contributed by atoms with E-state index in [-0.39, 0.29) is 0 Å². The molecule has 0 saturated carbocycles. The lowest BCUT2D eigenvalue weighted by molar-refractivity contribution is 0.380. The Hall–Kier alpha value is -1.95. The second-order valence-electron chi connectivity index (χ2n) is 5.07. The van der Waals surface area contributed by atoms with E-state index in [4.69, 9.17) is 4.52 Å². The number of rotatable bonds is 6. The predicted octanol–water partition coefficient (Wildman–Crippen LogP) is 3.98. The molecule has 22 heavy (non-hydrogen) atoms. The molecule has 3 aromatic rings. The minimum atomic E-state index is 0.682. The highest BCUT2D eigenvalue weighted by molar-refractivity contribution is 7.16. The van der Waals surface area contributed by atoms with Gasteiger partial charge >= 0.3 is 0 Å². The summed E-state index contributed by atoms with van der Waals surface area (Å²) in [5.74, 6) is 2.72. The van der Waals surface area contributed by atoms with E-state index in [1.165, 1.54) is 0 Å². The Kier molecular flexibility index (Phi) is 4.38. The summed E-state index contributed by atoms with van der Waals surface area (Å²) in [5.41, 5.74) is 2.18. The number of aryl methyl sites for hydroxylation is 3. The first kappa shape index (κ1) is 15.0. The average molecular weight is 316 g/mol. The molecule has 0 radical (unpaired) electrons. The molecule has 116 valence electrons. The van der Waals surface area contributed by atoms with Gasteiger partial charge in [0, 0.05) is 24.9 Å². The summed E-state index contributed by atoms with van der Waals surface area (Å²) >= 11 is 1.65. The van der Waals surface area contributed by atoms with Crippen LogP contribution in [0.2, 0.25) is 0 Å². The van der Waals surface area contributed by atoms with E-state index in [9.17, 15) is 0 Å². The van der Waals surface area contributed by atoms with Crippen molar-refractivity contribution in [3.63, 3.8) is 0 Å². The number of hydrogen-bond donors (Lipinski definition) is 1. The van der Waals surface area contributed by atoms with Gasteiger partial charge in [0.05, 0.1) is 11.1 Å². The Balaban J connectivity index is 1.91. The van der Waals surface area contributed by atoms with E-state index in [0.29, 0.717) is 6.54 Å². The highest BCUT2D eigenvalue weighted by Crippen LogP contribution is 2.26. The molecule has 0 bridgehead atoms. The lowest BCUT2D eigenvalue weighted by Crippen LogP contribution is -2.07. The molecule has 3 heterocycles. The largest absolute Gasteiger partial charge is 0.365 e. The van der Waals surface area contributed by atoms with Crippen molar-refractivity contribution in [3.05, 3.63) is 34.3 Å². The van der Waals surface area contributed by atoms with Crippen molar-refractivity contribution in [2.45, 2.75) is 46.6 Å². The molecule has 0 amide bonds. The second kappa shape index (κ2) is 6.44. The van der Waals surface area contributed by atoms with Crippen LogP contribution in [0.15, 0.2) is 16.0 Å². The van der Waals surface area contributed by atoms with E-state index in [0.717, 1.165) is 58.1 Å². The molecular weight excluding hydrogens is 296 g/mol. The topological polar surface area (TPSA) is 63.8 Å². The molecule has 3 aromatic heterocycles. The molecule has 0 spiro atoms. The molecule has 6 heteroatoms. The summed E-state index contributed by atoms with van der Waals surface area (Å²) in [6, 6.07) is 2.07. The average Bonchev–Trinajstić information content (AvgIpc) is 3.17. The summed E-state index contributed by atoms with van der Waals surface area (Å²) in [6.07, 6.45) is 2.55. The number of anilines is 1. The molecule has 0 fully saturated rings. The second-order valence-corrected chi connectivity index (χ2v) is 5.97. The van der Waals surface area contributed by atoms with Crippen molar-refractivity contribution in [2.75, 3.05) is 5.32 Å². The van der Waals surface area contributed by atoms with Gasteiger partial charge in [0.2, 0.25) is 0 Å². The van der Waals surface area contributed by atoms with Gasteiger partial charge in [-0.15, -0.1) is 11.3 Å². The number of nitrogens with zero attached hydrogens (tertiary/aromatic N) is 3. The molecule has 0 aliphatic heterocycles. The van der Waals surface area contributed by atoms with Gasteiger partial charge in [-0.1, -0.05) is 25.9 Å². The molecule has 0 saturated heterocycles. The number of fused-ring (bicyclic) bond motifs is 1. The molecule has 0 unspecified atom stereocenters. The van der Waals surface area contributed by atoms with E-state index < -0.39 is 0 Å². The zero-order chi connectivity index (χ0) is 15.5. The summed E-state index contributed by atoms with van der Waals surface area (Å²) in [6.45, 7) is 6.93. The van der Waals surface area contributed by atoms with Crippen LogP contribution in [0.4, 0.5) is 5.82 Å². The Morgan fingerprint density at radius 2 is 2.00 bits per heavy atom. The third-order valence-corrected chi connectivity index (χ3v) is 4.53. The molecule has 0 aromatic carbocycles. The molecule has 0 aliphatic rings. The molecule has 0 aliphatic carbocycles. The fourth-order valence-corrected chi connectivity index (χ4v) is 3.29. The Morgan fingerprint density at radius 3 is 2.73 bits per heavy atom. The van der Waals surface area contributed by atoms with Crippen molar-refractivity contribution < 1.29 is 4.52 Å². The van der Waals surface area contributed by atoms with Crippen LogP contribution in [0, 0.1) is 0 Å². The molecule has 3 rings (SSSR count). The minimum absolute atomic E-state index is 0.682. The SMILES string of the molecule is CCc1nc(NCc2c(CC)noc2CC)c2ccsc2n1. The van der Waals surface area contributed by atoms with E-state index in [1.807, 2.05) is 0 Å². The number of thiophene rings is 1. The van der Waals surface area contributed by atoms with Crippen LogP contribution < -0.4 is 5.32 Å². The van der Waals surface area contributed by atoms with Crippen LogP contribution in [0.3, 0.4) is 0 Å². The van der Waals surface area contributed by atoms with Gasteiger partial charge in [-0.3, -0.25) is 0 Å². The number of aromatic nitrogens is 3. The summed E-state index contributed by atoms with van der Waals surface area (Å²) in [7, 11) is 0. The van der Waals surface area contributed by atoms with Crippen LogP contribution >= 0.6 is 11.3 Å². The third-order valence-electron chi connectivity index (χ3n) is 3.73. The van der Waals surface area contributed by atoms with E-state index in [1.54, 1.807) is 11.3 Å². The van der Waals surface area contributed by atoms with E-state index >= 15 is 0 Å². The molecule has 1 N–H and O–H groups in total. The molecule has 0 atom stereocenters. The Bertz CT molecular complexity index is 756.